The molecule has 0 bridgehead atoms. The highest BCUT2D eigenvalue weighted by atomic mass is 127. The van der Waals surface area contributed by atoms with Crippen molar-refractivity contribution < 1.29 is 0 Å². The Hall–Kier alpha value is 1.42. The fourth-order valence-corrected chi connectivity index (χ4v) is 2.93. The summed E-state index contributed by atoms with van der Waals surface area (Å²) < 4.78 is 2.43. The number of hydrogen-bond acceptors (Lipinski definition) is 1. The molecule has 0 saturated carbocycles. The van der Waals surface area contributed by atoms with Crippen molar-refractivity contribution in [2.75, 3.05) is 15.4 Å². The molecule has 0 aromatic heterocycles. The van der Waals surface area contributed by atoms with Crippen LogP contribution in [-0.4, -0.2) is 21.4 Å². The average Bonchev–Trinajstić information content (AvgIpc) is 2.02. The van der Waals surface area contributed by atoms with E-state index in [4.69, 9.17) is 0 Å². The van der Waals surface area contributed by atoms with Gasteiger partial charge in [-0.2, -0.15) is 0 Å². The van der Waals surface area contributed by atoms with Crippen LogP contribution in [0, 0.1) is 11.3 Å². The van der Waals surface area contributed by atoms with Gasteiger partial charge in [0.1, 0.15) is 0 Å². The summed E-state index contributed by atoms with van der Waals surface area (Å²) in [5.41, 5.74) is 0.430. The standard InChI is InChI=1S/C10H21I2N/c1-8(5-11)13-7-9(6-12)10(2,3)4/h8-9,13H,5-7H2,1-4H3. The first-order valence-corrected chi connectivity index (χ1v) is 7.82. The number of nitrogens with one attached hydrogen (secondary N) is 1. The third-order valence-corrected chi connectivity index (χ3v) is 4.74. The predicted molar refractivity (Wildman–Crippen MR) is 78.2 cm³/mol. The van der Waals surface area contributed by atoms with E-state index in [-0.39, 0.29) is 0 Å². The fraction of sp³-hybridized carbons (Fsp3) is 1.00. The maximum Gasteiger partial charge on any atom is 0.0147 e. The molecule has 0 heterocycles. The second kappa shape index (κ2) is 6.82. The van der Waals surface area contributed by atoms with Crippen molar-refractivity contribution in [3.63, 3.8) is 0 Å². The molecule has 13 heavy (non-hydrogen) atoms. The molecule has 0 fully saturated rings. The molecule has 1 nitrogen and oxygen atoms in total. The van der Waals surface area contributed by atoms with Gasteiger partial charge in [0.25, 0.3) is 0 Å². The largest absolute Gasteiger partial charge is 0.313 e. The topological polar surface area (TPSA) is 12.0 Å². The minimum absolute atomic E-state index is 0.430. The Morgan fingerprint density at radius 1 is 1.15 bits per heavy atom. The van der Waals surface area contributed by atoms with Crippen LogP contribution in [0.3, 0.4) is 0 Å². The molecule has 0 saturated heterocycles. The van der Waals surface area contributed by atoms with Crippen LogP contribution in [0.25, 0.3) is 0 Å². The summed E-state index contributed by atoms with van der Waals surface area (Å²) in [7, 11) is 0. The van der Waals surface area contributed by atoms with Gasteiger partial charge >= 0.3 is 0 Å². The number of rotatable bonds is 5. The molecule has 1 N–H and O–H groups in total. The molecule has 0 aliphatic rings. The van der Waals surface area contributed by atoms with E-state index < -0.39 is 0 Å². The molecule has 3 heteroatoms. The Balaban J connectivity index is 3.86. The summed E-state index contributed by atoms with van der Waals surface area (Å²) in [5.74, 6) is 0.776. The van der Waals surface area contributed by atoms with Crippen LogP contribution < -0.4 is 5.32 Å². The summed E-state index contributed by atoms with van der Waals surface area (Å²) in [5, 5.41) is 3.58. The Labute approximate surface area is 110 Å². The highest BCUT2D eigenvalue weighted by Crippen LogP contribution is 2.26. The molecule has 2 atom stereocenters. The van der Waals surface area contributed by atoms with Gasteiger partial charge in [-0.25, -0.2) is 0 Å². The molecule has 0 rings (SSSR count). The van der Waals surface area contributed by atoms with Gasteiger partial charge < -0.3 is 5.32 Å². The zero-order valence-corrected chi connectivity index (χ0v) is 13.3. The van der Waals surface area contributed by atoms with Crippen LogP contribution in [-0.2, 0) is 0 Å². The van der Waals surface area contributed by atoms with Crippen molar-refractivity contribution in [1.82, 2.24) is 5.32 Å². The first-order chi connectivity index (χ1) is 5.91. The normalized spacial score (nSPS) is 17.1. The maximum absolute atomic E-state index is 3.58. The van der Waals surface area contributed by atoms with Crippen molar-refractivity contribution >= 4 is 45.2 Å². The highest BCUT2D eigenvalue weighted by molar-refractivity contribution is 14.1. The van der Waals surface area contributed by atoms with Crippen LogP contribution in [0.4, 0.5) is 0 Å². The minimum atomic E-state index is 0.430. The monoisotopic (exact) mass is 409 g/mol. The third-order valence-electron chi connectivity index (χ3n) is 2.36. The van der Waals surface area contributed by atoms with E-state index >= 15 is 0 Å². The van der Waals surface area contributed by atoms with Gasteiger partial charge in [-0.3, -0.25) is 0 Å². The zero-order chi connectivity index (χ0) is 10.5. The third kappa shape index (κ3) is 6.49. The van der Waals surface area contributed by atoms with Crippen LogP contribution in [0.15, 0.2) is 0 Å². The summed E-state index contributed by atoms with van der Waals surface area (Å²) in [6.45, 7) is 10.4. The Morgan fingerprint density at radius 2 is 1.69 bits per heavy atom. The zero-order valence-electron chi connectivity index (χ0n) is 9.03. The molecule has 0 aliphatic heterocycles. The SMILES string of the molecule is CC(CI)NCC(CI)C(C)(C)C. The molecule has 80 valence electrons. The van der Waals surface area contributed by atoms with Crippen molar-refractivity contribution in [2.24, 2.45) is 11.3 Å². The second-order valence-corrected chi connectivity index (χ2v) is 6.44. The Morgan fingerprint density at radius 3 is 2.00 bits per heavy atom. The molecule has 0 aliphatic carbocycles. The van der Waals surface area contributed by atoms with Crippen LogP contribution in [0.5, 0.6) is 0 Å². The molecule has 0 radical (unpaired) electrons. The van der Waals surface area contributed by atoms with E-state index in [0.717, 1.165) is 12.5 Å². The van der Waals surface area contributed by atoms with E-state index in [9.17, 15) is 0 Å². The summed E-state index contributed by atoms with van der Waals surface area (Å²) in [4.78, 5) is 0. The molecular weight excluding hydrogens is 388 g/mol. The lowest BCUT2D eigenvalue weighted by Crippen LogP contribution is -2.37. The van der Waals surface area contributed by atoms with Gasteiger partial charge in [0.15, 0.2) is 0 Å². The second-order valence-electron chi connectivity index (χ2n) is 4.68. The van der Waals surface area contributed by atoms with Crippen molar-refractivity contribution in [3.05, 3.63) is 0 Å². The molecule has 0 aromatic carbocycles. The first kappa shape index (κ1) is 14.4. The van der Waals surface area contributed by atoms with Crippen LogP contribution in [0.2, 0.25) is 0 Å². The number of hydrogen-bond donors (Lipinski definition) is 1. The lowest BCUT2D eigenvalue weighted by molar-refractivity contribution is 0.257. The Bertz CT molecular complexity index is 131. The summed E-state index contributed by atoms with van der Waals surface area (Å²) in [6.07, 6.45) is 0. The van der Waals surface area contributed by atoms with E-state index in [0.29, 0.717) is 11.5 Å². The highest BCUT2D eigenvalue weighted by Gasteiger charge is 2.23. The van der Waals surface area contributed by atoms with Crippen LogP contribution in [0.1, 0.15) is 27.7 Å². The van der Waals surface area contributed by atoms with Gasteiger partial charge in [-0.05, 0) is 24.8 Å². The molecule has 0 amide bonds. The lowest BCUT2D eigenvalue weighted by Gasteiger charge is -2.30. The maximum atomic E-state index is 3.58. The van der Waals surface area contributed by atoms with Crippen molar-refractivity contribution in [2.45, 2.75) is 33.7 Å². The Kier molecular flexibility index (Phi) is 7.57. The quantitative estimate of drug-likeness (QED) is 0.542. The first-order valence-electron chi connectivity index (χ1n) is 4.77. The summed E-state index contributed by atoms with van der Waals surface area (Å²) in [6, 6.07) is 0.647. The van der Waals surface area contributed by atoms with Gasteiger partial charge in [0, 0.05) is 14.9 Å². The van der Waals surface area contributed by atoms with Gasteiger partial charge in [-0.1, -0.05) is 66.0 Å². The summed E-state index contributed by atoms with van der Waals surface area (Å²) >= 11 is 4.92. The molecule has 2 unspecified atom stereocenters. The van der Waals surface area contributed by atoms with Crippen molar-refractivity contribution in [3.8, 4) is 0 Å². The smallest absolute Gasteiger partial charge is 0.0147 e. The predicted octanol–water partition coefficient (Wildman–Crippen LogP) is 3.50. The van der Waals surface area contributed by atoms with Gasteiger partial charge in [0.2, 0.25) is 0 Å². The van der Waals surface area contributed by atoms with Gasteiger partial charge in [0.05, 0.1) is 0 Å². The molecule has 0 spiro atoms. The molecular formula is C10H21I2N. The number of halogens is 2. The van der Waals surface area contributed by atoms with Crippen molar-refractivity contribution in [1.29, 1.82) is 0 Å². The average molecular weight is 409 g/mol. The van der Waals surface area contributed by atoms with E-state index in [2.05, 4.69) is 78.2 Å². The number of alkyl halides is 2. The fourth-order valence-electron chi connectivity index (χ4n) is 0.990. The molecule has 0 aromatic rings. The van der Waals surface area contributed by atoms with Gasteiger partial charge in [-0.15, -0.1) is 0 Å². The van der Waals surface area contributed by atoms with Crippen LogP contribution >= 0.6 is 45.2 Å². The van der Waals surface area contributed by atoms with E-state index in [1.807, 2.05) is 0 Å². The van der Waals surface area contributed by atoms with E-state index in [1.165, 1.54) is 8.86 Å². The van der Waals surface area contributed by atoms with E-state index in [1.54, 1.807) is 0 Å². The lowest BCUT2D eigenvalue weighted by atomic mass is 9.82. The minimum Gasteiger partial charge on any atom is -0.313 e.